The summed E-state index contributed by atoms with van der Waals surface area (Å²) in [6, 6.07) is -0.849. The molecule has 452 valence electrons. The molecule has 2 saturated heterocycles. The number of hydrogen-bond donors (Lipinski definition) is 9. The zero-order chi connectivity index (χ0) is 58.1. The van der Waals surface area contributed by atoms with Crippen molar-refractivity contribution in [3.63, 3.8) is 0 Å². The Morgan fingerprint density at radius 1 is 0.463 bits per heavy atom. The second-order valence-electron chi connectivity index (χ2n) is 20.4. The first-order chi connectivity index (χ1) is 39.1. The SMILES string of the molecule is CC/C=C\C/C=C\C/C=C\C/C=C\C/C=C\C/C=C\C/C=C\C/C=C\C/C=C\C/C=C\C/C=C\C/C=C\CCCCCCC(=O)NC(COC1OC(CO)C(OC2OC(CO)C(O)C(O)C2O)C(O)C1O)C(O)CCCCCCC. The third-order valence-electron chi connectivity index (χ3n) is 13.6. The first-order valence-electron chi connectivity index (χ1n) is 30.1. The molecule has 0 spiro atoms. The summed E-state index contributed by atoms with van der Waals surface area (Å²) in [5.41, 5.74) is 0. The van der Waals surface area contributed by atoms with Gasteiger partial charge in [-0.1, -0.05) is 205 Å². The van der Waals surface area contributed by atoms with E-state index in [0.29, 0.717) is 12.8 Å². The number of allylic oxidation sites excluding steroid dienone is 24. The molecule has 0 saturated carbocycles. The fourth-order valence-corrected chi connectivity index (χ4v) is 8.74. The van der Waals surface area contributed by atoms with Crippen molar-refractivity contribution < 1.29 is 64.6 Å². The lowest BCUT2D eigenvalue weighted by atomic mass is 9.97. The van der Waals surface area contributed by atoms with Gasteiger partial charge in [0, 0.05) is 6.42 Å². The Kier molecular flexibility index (Phi) is 44.5. The number of aliphatic hydroxyl groups excluding tert-OH is 8. The van der Waals surface area contributed by atoms with Gasteiger partial charge in [0.1, 0.15) is 48.8 Å². The minimum absolute atomic E-state index is 0.246. The third kappa shape index (κ3) is 34.3. The summed E-state index contributed by atoms with van der Waals surface area (Å²) >= 11 is 0. The Morgan fingerprint density at radius 3 is 1.31 bits per heavy atom. The summed E-state index contributed by atoms with van der Waals surface area (Å²) in [5, 5.41) is 86.5. The monoisotopic (exact) mass is 1120 g/mol. The standard InChI is InChI=1S/C66H105NO13/c1-3-5-7-9-10-11-12-13-14-15-16-17-18-19-20-21-22-23-24-25-26-27-28-29-30-31-32-33-34-35-36-37-38-39-40-41-42-43-44-46-48-50-58(71)67-54(55(70)49-47-45-8-6-4-2)53-77-65-63(76)61(74)64(57(52-69)79-65)80-66-62(75)60(73)59(72)56(51-68)78-66/h5,7,10-11,13-14,16-17,19-20,22-23,25-26,28-29,31-32,34-35,37-38,40-41,54-57,59-66,68-70,72-76H,3-4,6,8-9,12,15,18,21,24,27,30,33,36,39,42-53H2,1-2H3,(H,67,71)/b7-5-,11-10-,14-13-,17-16-,20-19-,23-22-,26-25-,29-28-,32-31-,35-34-,38-37-,41-40-. The number of nitrogens with one attached hydrogen (secondary N) is 1. The van der Waals surface area contributed by atoms with Crippen molar-refractivity contribution in [1.29, 1.82) is 0 Å². The minimum atomic E-state index is -1.79. The van der Waals surface area contributed by atoms with E-state index < -0.39 is 86.8 Å². The smallest absolute Gasteiger partial charge is 0.220 e. The van der Waals surface area contributed by atoms with Crippen LogP contribution in [0.2, 0.25) is 0 Å². The van der Waals surface area contributed by atoms with Crippen molar-refractivity contribution in [1.82, 2.24) is 5.32 Å². The molecule has 14 heteroatoms. The summed E-state index contributed by atoms with van der Waals surface area (Å²) < 4.78 is 22.6. The van der Waals surface area contributed by atoms with Crippen LogP contribution < -0.4 is 5.32 Å². The van der Waals surface area contributed by atoms with Crippen LogP contribution in [0.3, 0.4) is 0 Å². The molecule has 0 aliphatic carbocycles. The first kappa shape index (κ1) is 72.0. The molecule has 0 aromatic heterocycles. The predicted octanol–water partition coefficient (Wildman–Crippen LogP) is 10.5. The van der Waals surface area contributed by atoms with Gasteiger partial charge in [-0.3, -0.25) is 4.79 Å². The Bertz CT molecular complexity index is 1900. The van der Waals surface area contributed by atoms with E-state index in [-0.39, 0.29) is 18.9 Å². The maximum atomic E-state index is 13.1. The van der Waals surface area contributed by atoms with Crippen LogP contribution in [0.5, 0.6) is 0 Å². The van der Waals surface area contributed by atoms with Gasteiger partial charge in [0.05, 0.1) is 32.0 Å². The number of rotatable bonds is 45. The van der Waals surface area contributed by atoms with Crippen molar-refractivity contribution in [3.8, 4) is 0 Å². The van der Waals surface area contributed by atoms with Gasteiger partial charge >= 0.3 is 0 Å². The molecular formula is C66H105NO13. The van der Waals surface area contributed by atoms with Gasteiger partial charge in [0.2, 0.25) is 5.91 Å². The molecule has 2 rings (SSSR count). The lowest BCUT2D eigenvalue weighted by Gasteiger charge is -2.46. The molecule has 2 aliphatic rings. The molecule has 0 radical (unpaired) electrons. The van der Waals surface area contributed by atoms with Crippen molar-refractivity contribution in [2.75, 3.05) is 19.8 Å². The number of hydrogen-bond acceptors (Lipinski definition) is 13. The van der Waals surface area contributed by atoms with E-state index in [1.807, 2.05) is 0 Å². The van der Waals surface area contributed by atoms with E-state index in [1.54, 1.807) is 0 Å². The lowest BCUT2D eigenvalue weighted by molar-refractivity contribution is -0.359. The Morgan fingerprint density at radius 2 is 0.863 bits per heavy atom. The van der Waals surface area contributed by atoms with Crippen LogP contribution in [0.15, 0.2) is 146 Å². The molecule has 2 fully saturated rings. The van der Waals surface area contributed by atoms with E-state index in [9.17, 15) is 45.6 Å². The molecule has 0 aromatic carbocycles. The highest BCUT2D eigenvalue weighted by molar-refractivity contribution is 5.76. The summed E-state index contributed by atoms with van der Waals surface area (Å²) in [5.74, 6) is -0.246. The van der Waals surface area contributed by atoms with Crippen LogP contribution in [0.25, 0.3) is 0 Å². The average Bonchev–Trinajstić information content (AvgIpc) is 3.49. The molecule has 9 N–H and O–H groups in total. The van der Waals surface area contributed by atoms with Gasteiger partial charge < -0.3 is 65.1 Å². The van der Waals surface area contributed by atoms with E-state index in [4.69, 9.17) is 18.9 Å². The van der Waals surface area contributed by atoms with Crippen LogP contribution in [-0.4, -0.2) is 140 Å². The molecule has 2 heterocycles. The molecule has 12 atom stereocenters. The maximum absolute atomic E-state index is 13.1. The normalized spacial score (nSPS) is 25.3. The number of unbranched alkanes of at least 4 members (excludes halogenated alkanes) is 8. The first-order valence-corrected chi connectivity index (χ1v) is 30.1. The van der Waals surface area contributed by atoms with Crippen molar-refractivity contribution in [2.45, 2.75) is 242 Å². The highest BCUT2D eigenvalue weighted by atomic mass is 16.7. The Hall–Kier alpha value is -4.13. The number of ether oxygens (including phenoxy) is 4. The van der Waals surface area contributed by atoms with E-state index in [0.717, 1.165) is 135 Å². The molecule has 1 amide bonds. The van der Waals surface area contributed by atoms with Crippen LogP contribution in [0.4, 0.5) is 0 Å². The Balaban J connectivity index is 1.57. The van der Waals surface area contributed by atoms with E-state index in [2.05, 4.69) is 165 Å². The third-order valence-corrected chi connectivity index (χ3v) is 13.6. The highest BCUT2D eigenvalue weighted by Crippen LogP contribution is 2.30. The fourth-order valence-electron chi connectivity index (χ4n) is 8.74. The van der Waals surface area contributed by atoms with Gasteiger partial charge in [0.25, 0.3) is 0 Å². The van der Waals surface area contributed by atoms with Gasteiger partial charge in [-0.2, -0.15) is 0 Å². The molecule has 80 heavy (non-hydrogen) atoms. The number of aliphatic hydroxyl groups is 8. The molecule has 0 bridgehead atoms. The molecule has 0 aromatic rings. The minimum Gasteiger partial charge on any atom is -0.394 e. The summed E-state index contributed by atoms with van der Waals surface area (Å²) in [6.07, 6.45) is 57.9. The van der Waals surface area contributed by atoms with Gasteiger partial charge in [0.15, 0.2) is 12.6 Å². The number of amides is 1. The summed E-state index contributed by atoms with van der Waals surface area (Å²) in [6.45, 7) is 2.58. The quantitative estimate of drug-likeness (QED) is 0.0205. The van der Waals surface area contributed by atoms with Gasteiger partial charge in [-0.15, -0.1) is 0 Å². The molecular weight excluding hydrogens is 1010 g/mol. The number of carbonyl (C=O) groups is 1. The molecule has 2 aliphatic heterocycles. The van der Waals surface area contributed by atoms with E-state index >= 15 is 0 Å². The summed E-state index contributed by atoms with van der Waals surface area (Å²) in [7, 11) is 0. The predicted molar refractivity (Wildman–Crippen MR) is 322 cm³/mol. The van der Waals surface area contributed by atoms with Crippen LogP contribution in [-0.2, 0) is 23.7 Å². The largest absolute Gasteiger partial charge is 0.394 e. The van der Waals surface area contributed by atoms with Gasteiger partial charge in [-0.05, 0) is 103 Å². The number of carbonyl (C=O) groups excluding carboxylic acids is 1. The second-order valence-corrected chi connectivity index (χ2v) is 20.4. The Labute approximate surface area is 481 Å². The van der Waals surface area contributed by atoms with Crippen molar-refractivity contribution in [3.05, 3.63) is 146 Å². The maximum Gasteiger partial charge on any atom is 0.220 e. The van der Waals surface area contributed by atoms with Crippen LogP contribution in [0, 0.1) is 0 Å². The summed E-state index contributed by atoms with van der Waals surface area (Å²) in [4.78, 5) is 13.1. The second kappa shape index (κ2) is 49.5. The molecule has 12 unspecified atom stereocenters. The fraction of sp³-hybridized carbons (Fsp3) is 0.621. The average molecular weight is 1120 g/mol. The van der Waals surface area contributed by atoms with Crippen molar-refractivity contribution >= 4 is 5.91 Å². The van der Waals surface area contributed by atoms with Crippen LogP contribution >= 0.6 is 0 Å². The van der Waals surface area contributed by atoms with Gasteiger partial charge in [-0.25, -0.2) is 0 Å². The van der Waals surface area contributed by atoms with Crippen molar-refractivity contribution in [2.24, 2.45) is 0 Å². The zero-order valence-electron chi connectivity index (χ0n) is 48.5. The van der Waals surface area contributed by atoms with Crippen LogP contribution in [0.1, 0.15) is 168 Å². The van der Waals surface area contributed by atoms with E-state index in [1.165, 1.54) is 0 Å². The topological polar surface area (TPSA) is 228 Å². The lowest BCUT2D eigenvalue weighted by Crippen LogP contribution is -2.65. The highest BCUT2D eigenvalue weighted by Gasteiger charge is 2.51. The molecule has 14 nitrogen and oxygen atoms in total. The zero-order valence-corrected chi connectivity index (χ0v) is 48.5.